The summed E-state index contributed by atoms with van der Waals surface area (Å²) in [7, 11) is -3.85. The molecule has 2 aromatic rings. The third-order valence-corrected chi connectivity index (χ3v) is 6.59. The fourth-order valence-corrected chi connectivity index (χ4v) is 4.63. The number of ether oxygens (including phenoxy) is 1. The van der Waals surface area contributed by atoms with Crippen LogP contribution < -0.4 is 5.43 Å². The second kappa shape index (κ2) is 8.91. The third kappa shape index (κ3) is 4.76. The molecular formula is C19H20ClN3O5S. The fourth-order valence-electron chi connectivity index (χ4n) is 2.87. The normalized spacial score (nSPS) is 15.9. The zero-order valence-electron chi connectivity index (χ0n) is 15.6. The van der Waals surface area contributed by atoms with E-state index in [0.717, 1.165) is 0 Å². The van der Waals surface area contributed by atoms with E-state index in [2.05, 4.69) is 10.5 Å². The number of sulfonamides is 1. The van der Waals surface area contributed by atoms with Gasteiger partial charge in [0.2, 0.25) is 10.0 Å². The number of amides is 1. The van der Waals surface area contributed by atoms with Crippen LogP contribution in [0.4, 0.5) is 0 Å². The van der Waals surface area contributed by atoms with Crippen LogP contribution in [0, 0.1) is 0 Å². The Bertz CT molecular complexity index is 1050. The molecule has 1 aliphatic heterocycles. The highest BCUT2D eigenvalue weighted by Gasteiger charge is 2.30. The number of morpholine rings is 1. The summed E-state index contributed by atoms with van der Waals surface area (Å²) in [4.78, 5) is 12.6. The van der Waals surface area contributed by atoms with Crippen LogP contribution in [0.2, 0.25) is 5.02 Å². The van der Waals surface area contributed by atoms with E-state index in [1.165, 1.54) is 22.5 Å². The van der Waals surface area contributed by atoms with Crippen LogP contribution in [0.25, 0.3) is 0 Å². The first-order valence-corrected chi connectivity index (χ1v) is 10.6. The van der Waals surface area contributed by atoms with Crippen LogP contribution in [0.15, 0.2) is 52.5 Å². The van der Waals surface area contributed by atoms with Gasteiger partial charge in [0.25, 0.3) is 5.91 Å². The Kier molecular flexibility index (Phi) is 6.53. The summed E-state index contributed by atoms with van der Waals surface area (Å²) in [6.07, 6.45) is 0. The molecule has 1 amide bonds. The summed E-state index contributed by atoms with van der Waals surface area (Å²) in [6.45, 7) is 2.67. The molecule has 2 N–H and O–H groups in total. The molecule has 0 aromatic heterocycles. The maximum Gasteiger partial charge on any atom is 0.272 e. The highest BCUT2D eigenvalue weighted by Crippen LogP contribution is 2.23. The number of phenols is 1. The number of nitrogens with zero attached hydrogens (tertiary/aromatic N) is 2. The van der Waals surface area contributed by atoms with E-state index in [0.29, 0.717) is 29.5 Å². The number of hydrogen-bond acceptors (Lipinski definition) is 6. The van der Waals surface area contributed by atoms with Crippen LogP contribution >= 0.6 is 11.6 Å². The molecule has 0 radical (unpaired) electrons. The SMILES string of the molecule is C/C(=N/NC(=O)c1ccccc1S(=O)(=O)N1CCOCC1)c1ccc(Cl)cc1O. The molecule has 2 aromatic carbocycles. The van der Waals surface area contributed by atoms with E-state index in [-0.39, 0.29) is 29.3 Å². The van der Waals surface area contributed by atoms with Gasteiger partial charge in [-0.15, -0.1) is 0 Å². The Morgan fingerprint density at radius 3 is 2.55 bits per heavy atom. The van der Waals surface area contributed by atoms with Gasteiger partial charge in [-0.05, 0) is 37.3 Å². The summed E-state index contributed by atoms with van der Waals surface area (Å²) in [6, 6.07) is 10.5. The lowest BCUT2D eigenvalue weighted by Crippen LogP contribution is -2.41. The van der Waals surface area contributed by atoms with Crippen molar-refractivity contribution in [2.45, 2.75) is 11.8 Å². The van der Waals surface area contributed by atoms with Crippen molar-refractivity contribution in [3.05, 3.63) is 58.6 Å². The lowest BCUT2D eigenvalue weighted by atomic mass is 10.1. The first-order valence-electron chi connectivity index (χ1n) is 8.81. The van der Waals surface area contributed by atoms with Gasteiger partial charge in [0.15, 0.2) is 0 Å². The molecule has 0 spiro atoms. The van der Waals surface area contributed by atoms with Gasteiger partial charge >= 0.3 is 0 Å². The largest absolute Gasteiger partial charge is 0.507 e. The van der Waals surface area contributed by atoms with Crippen LogP contribution in [0.1, 0.15) is 22.8 Å². The molecule has 1 fully saturated rings. The van der Waals surface area contributed by atoms with Crippen molar-refractivity contribution in [3.63, 3.8) is 0 Å². The molecule has 1 saturated heterocycles. The second-order valence-corrected chi connectivity index (χ2v) is 8.66. The van der Waals surface area contributed by atoms with Crippen molar-refractivity contribution in [1.29, 1.82) is 0 Å². The minimum atomic E-state index is -3.85. The number of halogens is 1. The van der Waals surface area contributed by atoms with Crippen LogP contribution in [-0.2, 0) is 14.8 Å². The number of hydrogen-bond donors (Lipinski definition) is 2. The van der Waals surface area contributed by atoms with Crippen molar-refractivity contribution >= 4 is 33.2 Å². The molecule has 0 unspecified atom stereocenters. The molecule has 1 aliphatic rings. The van der Waals surface area contributed by atoms with Gasteiger partial charge < -0.3 is 9.84 Å². The zero-order valence-corrected chi connectivity index (χ0v) is 17.2. The minimum absolute atomic E-state index is 0.0177. The molecule has 154 valence electrons. The fraction of sp³-hybridized carbons (Fsp3) is 0.263. The second-order valence-electron chi connectivity index (χ2n) is 6.31. The van der Waals surface area contributed by atoms with Gasteiger partial charge in [0.05, 0.1) is 29.4 Å². The van der Waals surface area contributed by atoms with Crippen molar-refractivity contribution in [3.8, 4) is 5.75 Å². The number of rotatable bonds is 5. The highest BCUT2D eigenvalue weighted by molar-refractivity contribution is 7.89. The number of carbonyl (C=O) groups excluding carboxylic acids is 1. The highest BCUT2D eigenvalue weighted by atomic mass is 35.5. The van der Waals surface area contributed by atoms with Crippen molar-refractivity contribution in [2.75, 3.05) is 26.3 Å². The van der Waals surface area contributed by atoms with E-state index in [4.69, 9.17) is 16.3 Å². The summed E-state index contributed by atoms with van der Waals surface area (Å²) in [5.74, 6) is -0.756. The average molecular weight is 438 g/mol. The van der Waals surface area contributed by atoms with Crippen LogP contribution in [-0.4, -0.2) is 55.8 Å². The number of benzene rings is 2. The molecule has 29 heavy (non-hydrogen) atoms. The molecule has 1 heterocycles. The number of carbonyl (C=O) groups is 1. The number of aromatic hydroxyl groups is 1. The van der Waals surface area contributed by atoms with Crippen molar-refractivity contribution in [2.24, 2.45) is 5.10 Å². The maximum atomic E-state index is 13.0. The molecular weight excluding hydrogens is 418 g/mol. The van der Waals surface area contributed by atoms with Gasteiger partial charge in [-0.25, -0.2) is 13.8 Å². The molecule has 8 nitrogen and oxygen atoms in total. The predicted octanol–water partition coefficient (Wildman–Crippen LogP) is 2.22. The maximum absolute atomic E-state index is 13.0. The Hall–Kier alpha value is -2.46. The molecule has 0 aliphatic carbocycles. The quantitative estimate of drug-likeness (QED) is 0.550. The smallest absolute Gasteiger partial charge is 0.272 e. The predicted molar refractivity (Wildman–Crippen MR) is 109 cm³/mol. The van der Waals surface area contributed by atoms with E-state index >= 15 is 0 Å². The Labute approximate surface area is 173 Å². The summed E-state index contributed by atoms with van der Waals surface area (Å²) >= 11 is 5.82. The monoisotopic (exact) mass is 437 g/mol. The summed E-state index contributed by atoms with van der Waals surface area (Å²) < 4.78 is 32.4. The summed E-state index contributed by atoms with van der Waals surface area (Å²) in [5, 5.41) is 14.3. The number of phenolic OH excluding ortho intramolecular Hbond substituents is 1. The number of hydrazone groups is 1. The zero-order chi connectivity index (χ0) is 21.0. The van der Waals surface area contributed by atoms with E-state index in [1.54, 1.807) is 31.2 Å². The minimum Gasteiger partial charge on any atom is -0.507 e. The average Bonchev–Trinajstić information content (AvgIpc) is 2.72. The van der Waals surface area contributed by atoms with Crippen molar-refractivity contribution < 1.29 is 23.1 Å². The first kappa shape index (κ1) is 21.3. The van der Waals surface area contributed by atoms with Gasteiger partial charge in [-0.2, -0.15) is 9.41 Å². The van der Waals surface area contributed by atoms with Gasteiger partial charge in [0, 0.05) is 23.7 Å². The van der Waals surface area contributed by atoms with Gasteiger partial charge in [-0.1, -0.05) is 23.7 Å². The molecule has 10 heteroatoms. The van der Waals surface area contributed by atoms with Crippen molar-refractivity contribution in [1.82, 2.24) is 9.73 Å². The van der Waals surface area contributed by atoms with E-state index < -0.39 is 15.9 Å². The Morgan fingerprint density at radius 2 is 1.86 bits per heavy atom. The Balaban J connectivity index is 1.85. The lowest BCUT2D eigenvalue weighted by Gasteiger charge is -2.26. The van der Waals surface area contributed by atoms with E-state index in [1.807, 2.05) is 0 Å². The standard InChI is InChI=1S/C19H20ClN3O5S/c1-13(15-7-6-14(20)12-17(15)24)21-22-19(25)16-4-2-3-5-18(16)29(26,27)23-8-10-28-11-9-23/h2-7,12,24H,8-11H2,1H3,(H,22,25)/b21-13-. The first-order chi connectivity index (χ1) is 13.8. The molecule has 3 rings (SSSR count). The van der Waals surface area contributed by atoms with Crippen LogP contribution in [0.5, 0.6) is 5.75 Å². The summed E-state index contributed by atoms with van der Waals surface area (Å²) in [5.41, 5.74) is 3.06. The van der Waals surface area contributed by atoms with Crippen LogP contribution in [0.3, 0.4) is 0 Å². The Morgan fingerprint density at radius 1 is 1.17 bits per heavy atom. The lowest BCUT2D eigenvalue weighted by molar-refractivity contribution is 0.0730. The van der Waals surface area contributed by atoms with E-state index in [9.17, 15) is 18.3 Å². The topological polar surface area (TPSA) is 108 Å². The third-order valence-electron chi connectivity index (χ3n) is 4.39. The molecule has 0 atom stereocenters. The van der Waals surface area contributed by atoms with Gasteiger partial charge in [0.1, 0.15) is 5.75 Å². The number of nitrogens with one attached hydrogen (secondary N) is 1. The van der Waals surface area contributed by atoms with Gasteiger partial charge in [-0.3, -0.25) is 4.79 Å². The molecule has 0 saturated carbocycles. The molecule has 0 bridgehead atoms.